The summed E-state index contributed by atoms with van der Waals surface area (Å²) < 4.78 is 55.6. The minimum absolute atomic E-state index is 0. The van der Waals surface area contributed by atoms with Gasteiger partial charge >= 0.3 is 0 Å². The maximum atomic E-state index is 14.4. The molecular formula is C46H42F4IrN4-4. The SMILES string of the molecule is CCCc1cc(CCCCc2cc(CCC)cc(-c3[c-]cc(F)cc3F)n2)nc(-c2[c-]cc(F)cc2F)c1.CN1[CH-]N(c2[c-]cccc2)c2ccccc21.[Ir]. The number of aryl methyl sites for hydroxylation is 4. The minimum atomic E-state index is -0.680. The van der Waals surface area contributed by atoms with Crippen molar-refractivity contribution in [2.24, 2.45) is 0 Å². The third-order valence-electron chi connectivity index (χ3n) is 9.06. The summed E-state index contributed by atoms with van der Waals surface area (Å²) in [4.78, 5) is 13.6. The van der Waals surface area contributed by atoms with Crippen LogP contribution in [0.25, 0.3) is 22.5 Å². The number of fused-ring (bicyclic) bond motifs is 1. The first-order valence-electron chi connectivity index (χ1n) is 18.4. The Balaban J connectivity index is 0.000000283. The standard InChI is InChI=1S/C32H30F4N2.C14H12N2.Ir/c1-3-7-21-15-25(37-31(17-21)27-13-11-23(33)19-29(27)35)9-5-6-10-26-16-22(8-4-2)18-32(38-26)28-14-12-24(34)20-30(28)36;1-15-11-16(12-7-3-2-4-8-12)14-10-6-5-9-13(14)15;/h11-12,15-20H,3-10H2,1-2H3;2-7,9-11H,1H3;/q2*-2;. The van der Waals surface area contributed by atoms with Crippen LogP contribution >= 0.6 is 0 Å². The van der Waals surface area contributed by atoms with E-state index in [1.165, 1.54) is 11.4 Å². The van der Waals surface area contributed by atoms with Crippen LogP contribution < -0.4 is 9.80 Å². The molecule has 2 aromatic heterocycles. The molecule has 1 radical (unpaired) electrons. The van der Waals surface area contributed by atoms with E-state index in [0.29, 0.717) is 24.2 Å². The first kappa shape index (κ1) is 41.3. The van der Waals surface area contributed by atoms with Crippen molar-refractivity contribution < 1.29 is 37.7 Å². The molecule has 9 heteroatoms. The number of pyridine rings is 2. The molecule has 3 heterocycles. The number of halogens is 4. The van der Waals surface area contributed by atoms with E-state index in [1.54, 1.807) is 0 Å². The monoisotopic (exact) mass is 919 g/mol. The Kier molecular flexibility index (Phi) is 14.8. The predicted octanol–water partition coefficient (Wildman–Crippen LogP) is 11.6. The third kappa shape index (κ3) is 10.7. The van der Waals surface area contributed by atoms with Crippen LogP contribution in [0.5, 0.6) is 0 Å². The van der Waals surface area contributed by atoms with Gasteiger partial charge in [-0.25, -0.2) is 0 Å². The van der Waals surface area contributed by atoms with E-state index in [4.69, 9.17) is 0 Å². The van der Waals surface area contributed by atoms with Crippen molar-refractivity contribution in [3.63, 3.8) is 0 Å². The smallest absolute Gasteiger partial charge is 0.0408 e. The van der Waals surface area contributed by atoms with Gasteiger partial charge in [-0.3, -0.25) is 17.6 Å². The van der Waals surface area contributed by atoms with Gasteiger partial charge < -0.3 is 19.8 Å². The van der Waals surface area contributed by atoms with Crippen molar-refractivity contribution >= 4 is 17.1 Å². The molecular weight excluding hydrogens is 877 g/mol. The summed E-state index contributed by atoms with van der Waals surface area (Å²) in [6.07, 6.45) is 6.57. The predicted molar refractivity (Wildman–Crippen MR) is 208 cm³/mol. The Morgan fingerprint density at radius 1 is 0.618 bits per heavy atom. The van der Waals surface area contributed by atoms with E-state index < -0.39 is 23.3 Å². The average molecular weight is 919 g/mol. The van der Waals surface area contributed by atoms with E-state index in [0.717, 1.165) is 91.0 Å². The molecule has 0 fully saturated rings. The van der Waals surface area contributed by atoms with Crippen molar-refractivity contribution in [2.75, 3.05) is 16.8 Å². The Morgan fingerprint density at radius 2 is 1.13 bits per heavy atom. The summed E-state index contributed by atoms with van der Waals surface area (Å²) in [6.45, 7) is 6.23. The summed E-state index contributed by atoms with van der Waals surface area (Å²) in [5, 5.41) is 0. The van der Waals surface area contributed by atoms with Crippen LogP contribution in [0.2, 0.25) is 0 Å². The second-order valence-corrected chi connectivity index (χ2v) is 13.3. The molecule has 1 aliphatic heterocycles. The fraction of sp³-hybridized carbons (Fsp3) is 0.239. The molecule has 7 rings (SSSR count). The number of para-hydroxylation sites is 3. The zero-order valence-electron chi connectivity index (χ0n) is 31.1. The molecule has 0 spiro atoms. The summed E-state index contributed by atoms with van der Waals surface area (Å²) in [6, 6.07) is 36.7. The van der Waals surface area contributed by atoms with Crippen LogP contribution in [-0.2, 0) is 45.8 Å². The summed E-state index contributed by atoms with van der Waals surface area (Å²) >= 11 is 0. The van der Waals surface area contributed by atoms with Gasteiger partial charge in [-0.05, 0) is 81.2 Å². The quantitative estimate of drug-likeness (QED) is 0.0696. The molecule has 6 aromatic rings. The molecule has 0 N–H and O–H groups in total. The fourth-order valence-corrected chi connectivity index (χ4v) is 6.56. The Hall–Kier alpha value is -4.85. The van der Waals surface area contributed by atoms with Gasteiger partial charge in [0.25, 0.3) is 0 Å². The van der Waals surface area contributed by atoms with Gasteiger partial charge in [-0.1, -0.05) is 85.3 Å². The van der Waals surface area contributed by atoms with Crippen LogP contribution in [-0.4, -0.2) is 17.0 Å². The number of nitrogens with zero attached hydrogens (tertiary/aromatic N) is 4. The third-order valence-corrected chi connectivity index (χ3v) is 9.06. The number of unbranched alkanes of at least 4 members (excludes halogenated alkanes) is 1. The van der Waals surface area contributed by atoms with Crippen LogP contribution in [0.1, 0.15) is 62.0 Å². The average Bonchev–Trinajstić information content (AvgIpc) is 3.50. The van der Waals surface area contributed by atoms with Crippen molar-refractivity contribution in [1.82, 2.24) is 9.97 Å². The summed E-state index contributed by atoms with van der Waals surface area (Å²) in [5.74, 6) is -2.70. The van der Waals surface area contributed by atoms with Crippen molar-refractivity contribution in [2.45, 2.75) is 65.2 Å². The largest absolute Gasteiger partial charge is 0.504 e. The number of anilines is 3. The zero-order valence-corrected chi connectivity index (χ0v) is 33.5. The number of rotatable bonds is 12. The van der Waals surface area contributed by atoms with Crippen LogP contribution in [0.15, 0.2) is 97.1 Å². The molecule has 0 bridgehead atoms. The Labute approximate surface area is 335 Å². The van der Waals surface area contributed by atoms with Crippen LogP contribution in [0, 0.1) is 48.1 Å². The summed E-state index contributed by atoms with van der Waals surface area (Å²) in [5.41, 5.74) is 8.55. The molecule has 55 heavy (non-hydrogen) atoms. The van der Waals surface area contributed by atoms with E-state index in [9.17, 15) is 17.6 Å². The second-order valence-electron chi connectivity index (χ2n) is 13.3. The number of hydrogen-bond donors (Lipinski definition) is 0. The van der Waals surface area contributed by atoms with Crippen molar-refractivity contribution in [3.05, 3.63) is 168 Å². The van der Waals surface area contributed by atoms with E-state index in [2.05, 4.69) is 95.9 Å². The number of aromatic nitrogens is 2. The van der Waals surface area contributed by atoms with Crippen LogP contribution in [0.3, 0.4) is 0 Å². The van der Waals surface area contributed by atoms with Gasteiger partial charge in [0, 0.05) is 66.1 Å². The maximum absolute atomic E-state index is 14.4. The van der Waals surface area contributed by atoms with Gasteiger partial charge in [0.05, 0.1) is 0 Å². The molecule has 0 saturated heterocycles. The van der Waals surface area contributed by atoms with Gasteiger partial charge in [0.15, 0.2) is 0 Å². The van der Waals surface area contributed by atoms with Gasteiger partial charge in [-0.15, -0.1) is 30.0 Å². The molecule has 1 aliphatic rings. The normalized spacial score (nSPS) is 11.8. The van der Waals surface area contributed by atoms with Gasteiger partial charge in [0.2, 0.25) is 0 Å². The molecule has 287 valence electrons. The van der Waals surface area contributed by atoms with Gasteiger partial charge in [-0.2, -0.15) is 37.0 Å². The molecule has 0 unspecified atom stereocenters. The molecule has 0 atom stereocenters. The fourth-order valence-electron chi connectivity index (χ4n) is 6.56. The molecule has 0 saturated carbocycles. The minimum Gasteiger partial charge on any atom is -0.504 e. The first-order valence-corrected chi connectivity index (χ1v) is 18.4. The van der Waals surface area contributed by atoms with E-state index in [-0.39, 0.29) is 31.2 Å². The van der Waals surface area contributed by atoms with E-state index in [1.807, 2.05) is 42.5 Å². The molecule has 0 aliphatic carbocycles. The molecule has 4 nitrogen and oxygen atoms in total. The topological polar surface area (TPSA) is 32.3 Å². The van der Waals surface area contributed by atoms with E-state index >= 15 is 0 Å². The first-order chi connectivity index (χ1) is 26.2. The Morgan fingerprint density at radius 3 is 1.60 bits per heavy atom. The zero-order chi connectivity index (χ0) is 38.0. The number of benzene rings is 4. The Bertz CT molecular complexity index is 2070. The molecule has 0 amide bonds. The summed E-state index contributed by atoms with van der Waals surface area (Å²) in [7, 11) is 2.06. The molecule has 4 aromatic carbocycles. The van der Waals surface area contributed by atoms with Crippen LogP contribution in [0.4, 0.5) is 34.6 Å². The van der Waals surface area contributed by atoms with Crippen molar-refractivity contribution in [3.8, 4) is 22.5 Å². The van der Waals surface area contributed by atoms with Crippen molar-refractivity contribution in [1.29, 1.82) is 0 Å². The maximum Gasteiger partial charge on any atom is 0.0408 e. The van der Waals surface area contributed by atoms with Gasteiger partial charge in [0.1, 0.15) is 0 Å². The number of hydrogen-bond acceptors (Lipinski definition) is 4. The second kappa shape index (κ2) is 19.7.